The van der Waals surface area contributed by atoms with Gasteiger partial charge in [-0.2, -0.15) is 0 Å². The molecule has 1 N–H and O–H groups in total. The predicted octanol–water partition coefficient (Wildman–Crippen LogP) is 3.21. The summed E-state index contributed by atoms with van der Waals surface area (Å²) in [6.07, 6.45) is 4.75. The highest BCUT2D eigenvalue weighted by Gasteiger charge is 2.01. The first-order chi connectivity index (χ1) is 6.72. The van der Waals surface area contributed by atoms with Gasteiger partial charge in [-0.05, 0) is 25.5 Å². The van der Waals surface area contributed by atoms with E-state index in [9.17, 15) is 4.39 Å². The summed E-state index contributed by atoms with van der Waals surface area (Å²) in [7, 11) is 0. The number of unbranched alkanes of at least 4 members (excludes halogenated alkanes) is 1. The molecule has 1 atom stereocenters. The van der Waals surface area contributed by atoms with Crippen LogP contribution in [0.2, 0.25) is 0 Å². The Bertz CT molecular complexity index is 258. The summed E-state index contributed by atoms with van der Waals surface area (Å²) >= 11 is 0. The number of nitrogens with zero attached hydrogens (tertiary/aromatic N) is 1. The molecule has 0 aliphatic carbocycles. The topological polar surface area (TPSA) is 24.9 Å². The molecule has 0 bridgehead atoms. The normalized spacial score (nSPS) is 12.5. The van der Waals surface area contributed by atoms with Gasteiger partial charge in [0.2, 0.25) is 0 Å². The van der Waals surface area contributed by atoms with Crippen molar-refractivity contribution < 1.29 is 4.39 Å². The van der Waals surface area contributed by atoms with Crippen LogP contribution in [0.3, 0.4) is 0 Å². The van der Waals surface area contributed by atoms with Crippen molar-refractivity contribution in [1.82, 2.24) is 4.98 Å². The van der Waals surface area contributed by atoms with Crippen molar-refractivity contribution in [3.8, 4) is 0 Å². The van der Waals surface area contributed by atoms with E-state index >= 15 is 0 Å². The van der Waals surface area contributed by atoms with Crippen molar-refractivity contribution in [3.05, 3.63) is 24.1 Å². The largest absolute Gasteiger partial charge is 0.368 e. The highest BCUT2D eigenvalue weighted by Crippen LogP contribution is 2.08. The fraction of sp³-hybridized carbons (Fsp3) is 0.545. The maximum Gasteiger partial charge on any atom is 0.141 e. The molecule has 1 heterocycles. The molecule has 1 unspecified atom stereocenters. The van der Waals surface area contributed by atoms with Crippen LogP contribution in [0.5, 0.6) is 0 Å². The summed E-state index contributed by atoms with van der Waals surface area (Å²) in [5.41, 5.74) is 0. The zero-order chi connectivity index (χ0) is 10.4. The van der Waals surface area contributed by atoms with Crippen molar-refractivity contribution in [2.24, 2.45) is 0 Å². The minimum absolute atomic E-state index is 0.295. The van der Waals surface area contributed by atoms with Gasteiger partial charge in [-0.3, -0.25) is 0 Å². The number of halogens is 1. The van der Waals surface area contributed by atoms with Crippen LogP contribution < -0.4 is 5.32 Å². The van der Waals surface area contributed by atoms with Gasteiger partial charge in [0.05, 0.1) is 6.20 Å². The third kappa shape index (κ3) is 3.73. The van der Waals surface area contributed by atoms with Crippen LogP contribution in [0.4, 0.5) is 10.2 Å². The lowest BCUT2D eigenvalue weighted by molar-refractivity contribution is 0.618. The molecule has 0 aliphatic heterocycles. The number of hydrogen-bond donors (Lipinski definition) is 1. The molecule has 0 spiro atoms. The van der Waals surface area contributed by atoms with Crippen LogP contribution >= 0.6 is 0 Å². The highest BCUT2D eigenvalue weighted by atomic mass is 19.1. The van der Waals surface area contributed by atoms with Crippen molar-refractivity contribution in [2.45, 2.75) is 39.2 Å². The van der Waals surface area contributed by atoms with Crippen LogP contribution in [0.15, 0.2) is 18.3 Å². The molecule has 78 valence electrons. The Hall–Kier alpha value is -1.12. The van der Waals surface area contributed by atoms with Gasteiger partial charge in [0.1, 0.15) is 11.6 Å². The van der Waals surface area contributed by atoms with Gasteiger partial charge in [-0.1, -0.05) is 19.8 Å². The maximum atomic E-state index is 12.5. The van der Waals surface area contributed by atoms with Gasteiger partial charge in [0.15, 0.2) is 0 Å². The van der Waals surface area contributed by atoms with Gasteiger partial charge in [-0.15, -0.1) is 0 Å². The van der Waals surface area contributed by atoms with Gasteiger partial charge in [-0.25, -0.2) is 9.37 Å². The molecule has 3 heteroatoms. The van der Waals surface area contributed by atoms with Crippen LogP contribution in [-0.2, 0) is 0 Å². The summed E-state index contributed by atoms with van der Waals surface area (Å²) in [5.74, 6) is 0.451. The fourth-order valence-electron chi connectivity index (χ4n) is 1.30. The summed E-state index contributed by atoms with van der Waals surface area (Å²) in [6.45, 7) is 4.28. The number of rotatable bonds is 5. The van der Waals surface area contributed by atoms with Gasteiger partial charge >= 0.3 is 0 Å². The molecule has 0 aromatic carbocycles. The molecule has 1 rings (SSSR count). The standard InChI is InChI=1S/C11H17FN2/c1-3-4-5-9(2)14-11-7-6-10(12)8-13-11/h6-9H,3-5H2,1-2H3,(H,13,14). The summed E-state index contributed by atoms with van der Waals surface area (Å²) in [4.78, 5) is 3.94. The van der Waals surface area contributed by atoms with Gasteiger partial charge in [0.25, 0.3) is 0 Å². The second-order valence-corrected chi connectivity index (χ2v) is 3.55. The number of hydrogen-bond acceptors (Lipinski definition) is 2. The average molecular weight is 196 g/mol. The van der Waals surface area contributed by atoms with Gasteiger partial charge in [0, 0.05) is 6.04 Å². The molecule has 0 fully saturated rings. The molecule has 0 amide bonds. The minimum atomic E-state index is -0.295. The van der Waals surface area contributed by atoms with E-state index in [4.69, 9.17) is 0 Å². The monoisotopic (exact) mass is 196 g/mol. The molecule has 0 saturated heterocycles. The highest BCUT2D eigenvalue weighted by molar-refractivity contribution is 5.34. The molecule has 14 heavy (non-hydrogen) atoms. The predicted molar refractivity (Wildman–Crippen MR) is 56.8 cm³/mol. The zero-order valence-electron chi connectivity index (χ0n) is 8.76. The Labute approximate surface area is 84.6 Å². The quantitative estimate of drug-likeness (QED) is 0.782. The second-order valence-electron chi connectivity index (χ2n) is 3.55. The van der Waals surface area contributed by atoms with E-state index in [-0.39, 0.29) is 5.82 Å². The van der Waals surface area contributed by atoms with Crippen molar-refractivity contribution in [3.63, 3.8) is 0 Å². The summed E-state index contributed by atoms with van der Waals surface area (Å²) in [6, 6.07) is 3.48. The molecular formula is C11H17FN2. The first-order valence-electron chi connectivity index (χ1n) is 5.10. The van der Waals surface area contributed by atoms with E-state index in [1.165, 1.54) is 25.1 Å². The van der Waals surface area contributed by atoms with Crippen LogP contribution in [0.1, 0.15) is 33.1 Å². The molecule has 0 saturated carbocycles. The number of aromatic nitrogens is 1. The van der Waals surface area contributed by atoms with Crippen molar-refractivity contribution in [2.75, 3.05) is 5.32 Å². The van der Waals surface area contributed by atoms with Crippen LogP contribution in [0, 0.1) is 5.82 Å². The Morgan fingerprint density at radius 2 is 2.29 bits per heavy atom. The molecule has 0 aliphatic rings. The van der Waals surface area contributed by atoms with E-state index in [1.54, 1.807) is 6.07 Å². The molecule has 1 aromatic rings. The van der Waals surface area contributed by atoms with Crippen LogP contribution in [-0.4, -0.2) is 11.0 Å². The number of pyridine rings is 1. The zero-order valence-corrected chi connectivity index (χ0v) is 8.76. The lowest BCUT2D eigenvalue weighted by Crippen LogP contribution is -2.15. The minimum Gasteiger partial charge on any atom is -0.368 e. The smallest absolute Gasteiger partial charge is 0.141 e. The van der Waals surface area contributed by atoms with E-state index in [0.717, 1.165) is 12.2 Å². The third-order valence-corrected chi connectivity index (χ3v) is 2.11. The lowest BCUT2D eigenvalue weighted by atomic mass is 10.1. The maximum absolute atomic E-state index is 12.5. The SMILES string of the molecule is CCCCC(C)Nc1ccc(F)cn1. The molecule has 2 nitrogen and oxygen atoms in total. The van der Waals surface area contributed by atoms with Crippen LogP contribution in [0.25, 0.3) is 0 Å². The molecule has 0 radical (unpaired) electrons. The van der Waals surface area contributed by atoms with Crippen molar-refractivity contribution in [1.29, 1.82) is 0 Å². The fourth-order valence-corrected chi connectivity index (χ4v) is 1.30. The summed E-state index contributed by atoms with van der Waals surface area (Å²) < 4.78 is 12.5. The van der Waals surface area contributed by atoms with E-state index in [1.807, 2.05) is 0 Å². The first kappa shape index (κ1) is 11.0. The Morgan fingerprint density at radius 1 is 1.50 bits per heavy atom. The molecule has 1 aromatic heterocycles. The third-order valence-electron chi connectivity index (χ3n) is 2.11. The first-order valence-corrected chi connectivity index (χ1v) is 5.10. The Morgan fingerprint density at radius 3 is 2.86 bits per heavy atom. The van der Waals surface area contributed by atoms with E-state index in [0.29, 0.717) is 6.04 Å². The average Bonchev–Trinajstić information content (AvgIpc) is 2.18. The van der Waals surface area contributed by atoms with E-state index in [2.05, 4.69) is 24.1 Å². The number of anilines is 1. The Balaban J connectivity index is 2.39. The van der Waals surface area contributed by atoms with Gasteiger partial charge < -0.3 is 5.32 Å². The van der Waals surface area contributed by atoms with Crippen molar-refractivity contribution >= 4 is 5.82 Å². The lowest BCUT2D eigenvalue weighted by Gasteiger charge is -2.13. The van der Waals surface area contributed by atoms with E-state index < -0.39 is 0 Å². The summed E-state index contributed by atoms with van der Waals surface area (Å²) in [5, 5.41) is 3.23. The Kier molecular flexibility index (Phi) is 4.36. The number of nitrogens with one attached hydrogen (secondary N) is 1. The second kappa shape index (κ2) is 5.58. The molecular weight excluding hydrogens is 179 g/mol.